The third kappa shape index (κ3) is 5.53. The van der Waals surface area contributed by atoms with Crippen LogP contribution in [0, 0.1) is 5.92 Å². The van der Waals surface area contributed by atoms with Crippen molar-refractivity contribution in [2.75, 3.05) is 26.7 Å². The SMILES string of the molecule is C[C@H]1CN([C@@H](C)CO)C(=O)c2cc(C3=CCCCC3)cnc2O[C@H]1CN(C)C(=O)c1cccnc1. The Balaban J connectivity index is 1.66. The number of aromatic nitrogens is 2. The lowest BCUT2D eigenvalue weighted by Crippen LogP contribution is -2.50. The number of ether oxygens (including phenoxy) is 1. The van der Waals surface area contributed by atoms with Crippen molar-refractivity contribution < 1.29 is 19.4 Å². The normalized spacial score (nSPS) is 21.2. The average molecular weight is 479 g/mol. The van der Waals surface area contributed by atoms with Crippen molar-refractivity contribution in [2.24, 2.45) is 5.92 Å². The molecule has 0 bridgehead atoms. The highest BCUT2D eigenvalue weighted by atomic mass is 16.5. The zero-order chi connectivity index (χ0) is 24.9. The molecule has 1 aliphatic heterocycles. The van der Waals surface area contributed by atoms with Crippen LogP contribution < -0.4 is 4.74 Å². The van der Waals surface area contributed by atoms with Crippen molar-refractivity contribution in [2.45, 2.75) is 51.7 Å². The number of aliphatic hydroxyl groups is 1. The number of carbonyl (C=O) groups excluding carboxylic acids is 2. The maximum Gasteiger partial charge on any atom is 0.259 e. The summed E-state index contributed by atoms with van der Waals surface area (Å²) in [5.41, 5.74) is 3.04. The zero-order valence-electron chi connectivity index (χ0n) is 20.7. The van der Waals surface area contributed by atoms with Crippen molar-refractivity contribution in [1.82, 2.24) is 19.8 Å². The van der Waals surface area contributed by atoms with Crippen LogP contribution in [0.15, 0.2) is 42.9 Å². The number of hydrogen-bond acceptors (Lipinski definition) is 6. The lowest BCUT2D eigenvalue weighted by Gasteiger charge is -2.37. The molecule has 3 heterocycles. The first-order chi connectivity index (χ1) is 16.9. The number of carbonyl (C=O) groups is 2. The molecule has 1 aliphatic carbocycles. The number of rotatable bonds is 6. The lowest BCUT2D eigenvalue weighted by molar-refractivity contribution is 0.0313. The van der Waals surface area contributed by atoms with Gasteiger partial charge < -0.3 is 19.6 Å². The first-order valence-electron chi connectivity index (χ1n) is 12.3. The highest BCUT2D eigenvalue weighted by molar-refractivity contribution is 5.97. The first kappa shape index (κ1) is 24.9. The Morgan fingerprint density at radius 1 is 1.34 bits per heavy atom. The maximum atomic E-state index is 13.6. The summed E-state index contributed by atoms with van der Waals surface area (Å²) >= 11 is 0. The molecule has 0 unspecified atom stereocenters. The van der Waals surface area contributed by atoms with E-state index in [1.54, 1.807) is 47.6 Å². The second kappa shape index (κ2) is 11.0. The molecule has 2 aromatic rings. The van der Waals surface area contributed by atoms with Crippen LogP contribution in [0.4, 0.5) is 0 Å². The van der Waals surface area contributed by atoms with Crippen molar-refractivity contribution in [3.63, 3.8) is 0 Å². The van der Waals surface area contributed by atoms with Gasteiger partial charge in [-0.15, -0.1) is 0 Å². The van der Waals surface area contributed by atoms with Gasteiger partial charge in [-0.05, 0) is 61.9 Å². The van der Waals surface area contributed by atoms with Crippen molar-refractivity contribution in [3.8, 4) is 5.88 Å². The van der Waals surface area contributed by atoms with Gasteiger partial charge in [0.25, 0.3) is 11.8 Å². The minimum atomic E-state index is -0.395. The third-order valence-electron chi connectivity index (χ3n) is 6.89. The fourth-order valence-corrected chi connectivity index (χ4v) is 4.66. The van der Waals surface area contributed by atoms with Crippen LogP contribution in [-0.2, 0) is 0 Å². The standard InChI is InChI=1S/C27H34N4O4/c1-18-15-31(19(2)17-32)27(34)23-12-22(20-8-5-4-6-9-20)14-29-25(23)35-24(18)16-30(3)26(33)21-10-7-11-28-13-21/h7-8,10-14,18-19,24,32H,4-6,9,15-17H2,1-3H3/t18-,19-,24-/m0/s1. The summed E-state index contributed by atoms with van der Waals surface area (Å²) in [6.07, 6.45) is 11.1. The van der Waals surface area contributed by atoms with Crippen LogP contribution in [0.25, 0.3) is 5.57 Å². The minimum absolute atomic E-state index is 0.104. The Kier molecular flexibility index (Phi) is 7.80. The Labute approximate surface area is 206 Å². The quantitative estimate of drug-likeness (QED) is 0.684. The summed E-state index contributed by atoms with van der Waals surface area (Å²) in [6.45, 7) is 4.40. The maximum absolute atomic E-state index is 13.6. The van der Waals surface area contributed by atoms with E-state index >= 15 is 0 Å². The van der Waals surface area contributed by atoms with E-state index in [-0.39, 0.29) is 36.3 Å². The van der Waals surface area contributed by atoms with Gasteiger partial charge in [0.1, 0.15) is 11.7 Å². The minimum Gasteiger partial charge on any atom is -0.472 e. The smallest absolute Gasteiger partial charge is 0.259 e. The van der Waals surface area contributed by atoms with Gasteiger partial charge in [-0.2, -0.15) is 0 Å². The Morgan fingerprint density at radius 2 is 2.17 bits per heavy atom. The Morgan fingerprint density at radius 3 is 2.86 bits per heavy atom. The number of pyridine rings is 2. The van der Waals surface area contributed by atoms with Crippen LogP contribution in [0.3, 0.4) is 0 Å². The molecule has 0 spiro atoms. The van der Waals surface area contributed by atoms with Gasteiger partial charge in [0.05, 0.1) is 24.8 Å². The van der Waals surface area contributed by atoms with E-state index in [0.717, 1.165) is 24.8 Å². The van der Waals surface area contributed by atoms with Crippen molar-refractivity contribution in [1.29, 1.82) is 0 Å². The van der Waals surface area contributed by atoms with Crippen molar-refractivity contribution >= 4 is 17.4 Å². The molecular weight excluding hydrogens is 444 g/mol. The van der Waals surface area contributed by atoms with Gasteiger partial charge in [0.15, 0.2) is 0 Å². The van der Waals surface area contributed by atoms with Crippen LogP contribution in [0.5, 0.6) is 5.88 Å². The topological polar surface area (TPSA) is 95.9 Å². The van der Waals surface area contributed by atoms with Gasteiger partial charge in [-0.3, -0.25) is 14.6 Å². The van der Waals surface area contributed by atoms with Gasteiger partial charge in [-0.25, -0.2) is 4.98 Å². The molecule has 2 amide bonds. The third-order valence-corrected chi connectivity index (χ3v) is 6.89. The number of allylic oxidation sites excluding steroid dienone is 2. The predicted octanol–water partition coefficient (Wildman–Crippen LogP) is 3.43. The molecule has 35 heavy (non-hydrogen) atoms. The molecular formula is C27H34N4O4. The molecule has 0 saturated heterocycles. The first-order valence-corrected chi connectivity index (χ1v) is 12.3. The second-order valence-electron chi connectivity index (χ2n) is 9.60. The number of likely N-dealkylation sites (N-methyl/N-ethyl adjacent to an activating group) is 1. The monoisotopic (exact) mass is 478 g/mol. The zero-order valence-corrected chi connectivity index (χ0v) is 20.7. The highest BCUT2D eigenvalue weighted by Gasteiger charge is 2.35. The number of aliphatic hydroxyl groups excluding tert-OH is 1. The van der Waals surface area contributed by atoms with Gasteiger partial charge in [0.2, 0.25) is 5.88 Å². The number of fused-ring (bicyclic) bond motifs is 1. The number of amides is 2. The Bertz CT molecular complexity index is 1090. The fourth-order valence-electron chi connectivity index (χ4n) is 4.66. The van der Waals surface area contributed by atoms with Crippen LogP contribution in [0.1, 0.15) is 65.8 Å². The number of hydrogen-bond donors (Lipinski definition) is 1. The Hall–Kier alpha value is -3.26. The van der Waals surface area contributed by atoms with Gasteiger partial charge in [-0.1, -0.05) is 13.0 Å². The summed E-state index contributed by atoms with van der Waals surface area (Å²) in [6, 6.07) is 4.98. The van der Waals surface area contributed by atoms with Crippen LogP contribution >= 0.6 is 0 Å². The van der Waals surface area contributed by atoms with E-state index in [1.807, 2.05) is 19.9 Å². The second-order valence-corrected chi connectivity index (χ2v) is 9.60. The molecule has 2 aromatic heterocycles. The van der Waals surface area contributed by atoms with E-state index in [9.17, 15) is 14.7 Å². The van der Waals surface area contributed by atoms with E-state index in [0.29, 0.717) is 24.2 Å². The molecule has 2 aliphatic rings. The van der Waals surface area contributed by atoms with Crippen LogP contribution in [0.2, 0.25) is 0 Å². The average Bonchev–Trinajstić information content (AvgIpc) is 2.90. The van der Waals surface area contributed by atoms with Gasteiger partial charge >= 0.3 is 0 Å². The summed E-state index contributed by atoms with van der Waals surface area (Å²) in [5.74, 6) is -0.186. The molecule has 186 valence electrons. The molecule has 1 N–H and O–H groups in total. The molecule has 0 saturated carbocycles. The lowest BCUT2D eigenvalue weighted by atomic mass is 9.93. The molecule has 8 heteroatoms. The molecule has 4 rings (SSSR count). The predicted molar refractivity (Wildman–Crippen MR) is 133 cm³/mol. The number of nitrogens with zero attached hydrogens (tertiary/aromatic N) is 4. The summed E-state index contributed by atoms with van der Waals surface area (Å²) in [4.78, 5) is 38.4. The molecule has 8 nitrogen and oxygen atoms in total. The molecule has 0 fully saturated rings. The molecule has 0 radical (unpaired) electrons. The largest absolute Gasteiger partial charge is 0.472 e. The molecule has 3 atom stereocenters. The molecule has 0 aromatic carbocycles. The van der Waals surface area contributed by atoms with E-state index in [2.05, 4.69) is 16.0 Å². The summed E-state index contributed by atoms with van der Waals surface area (Å²) in [7, 11) is 1.73. The summed E-state index contributed by atoms with van der Waals surface area (Å²) in [5, 5.41) is 9.86. The van der Waals surface area contributed by atoms with Crippen molar-refractivity contribution in [3.05, 3.63) is 59.6 Å². The van der Waals surface area contributed by atoms with E-state index < -0.39 is 6.10 Å². The fraction of sp³-hybridized carbons (Fsp3) is 0.481. The van der Waals surface area contributed by atoms with E-state index in [4.69, 9.17) is 4.74 Å². The van der Waals surface area contributed by atoms with E-state index in [1.165, 1.54) is 12.0 Å². The summed E-state index contributed by atoms with van der Waals surface area (Å²) < 4.78 is 6.33. The van der Waals surface area contributed by atoms with Crippen LogP contribution in [-0.4, -0.2) is 75.6 Å². The highest BCUT2D eigenvalue weighted by Crippen LogP contribution is 2.32. The van der Waals surface area contributed by atoms with Gasteiger partial charge in [0, 0.05) is 38.1 Å².